The molecule has 2 aromatic carbocycles. The maximum atomic E-state index is 10.8. The zero-order chi connectivity index (χ0) is 17.5. The van der Waals surface area contributed by atoms with Gasteiger partial charge in [-0.2, -0.15) is 0 Å². The molecule has 0 aliphatic heterocycles. The quantitative estimate of drug-likeness (QED) is 0.818. The van der Waals surface area contributed by atoms with Gasteiger partial charge < -0.3 is 24.6 Å². The average Bonchev–Trinajstić information content (AvgIpc) is 2.65. The smallest absolute Gasteiger partial charge is 0.161 e. The molecule has 1 unspecified atom stereocenters. The summed E-state index contributed by atoms with van der Waals surface area (Å²) in [5, 5.41) is 13.8. The molecule has 2 aromatic rings. The van der Waals surface area contributed by atoms with Crippen LogP contribution in [0.1, 0.15) is 17.2 Å². The fraction of sp³-hybridized carbons (Fsp3) is 0.263. The first-order chi connectivity index (χ1) is 11.6. The summed E-state index contributed by atoms with van der Waals surface area (Å²) in [4.78, 5) is 0. The van der Waals surface area contributed by atoms with Crippen molar-refractivity contribution in [1.82, 2.24) is 5.32 Å². The number of aliphatic hydroxyl groups excluding tert-OH is 1. The number of ether oxygens (including phenoxy) is 3. The van der Waals surface area contributed by atoms with E-state index in [1.165, 1.54) is 0 Å². The molecule has 0 saturated carbocycles. The second-order valence-corrected chi connectivity index (χ2v) is 5.13. The van der Waals surface area contributed by atoms with Crippen LogP contribution in [-0.4, -0.2) is 33.5 Å². The lowest BCUT2D eigenvalue weighted by Gasteiger charge is -2.18. The van der Waals surface area contributed by atoms with Gasteiger partial charge in [0.1, 0.15) is 11.9 Å². The zero-order valence-corrected chi connectivity index (χ0v) is 14.4. The Hall–Kier alpha value is -2.66. The fourth-order valence-corrected chi connectivity index (χ4v) is 2.46. The molecule has 0 aliphatic rings. The van der Waals surface area contributed by atoms with Gasteiger partial charge in [-0.05, 0) is 35.4 Å². The first kappa shape index (κ1) is 17.7. The maximum Gasteiger partial charge on any atom is 0.161 e. The molecule has 0 aliphatic carbocycles. The number of rotatable bonds is 7. The molecule has 0 saturated heterocycles. The van der Waals surface area contributed by atoms with Gasteiger partial charge in [0.2, 0.25) is 0 Å². The van der Waals surface area contributed by atoms with Gasteiger partial charge in [0.05, 0.1) is 21.3 Å². The van der Waals surface area contributed by atoms with Crippen molar-refractivity contribution in [3.05, 3.63) is 59.8 Å². The second kappa shape index (κ2) is 8.26. The van der Waals surface area contributed by atoms with E-state index >= 15 is 0 Å². The van der Waals surface area contributed by atoms with Crippen LogP contribution in [0, 0.1) is 0 Å². The minimum Gasteiger partial charge on any atom is -0.497 e. The van der Waals surface area contributed by atoms with Crippen LogP contribution in [0.15, 0.2) is 48.7 Å². The van der Waals surface area contributed by atoms with Gasteiger partial charge in [-0.25, -0.2) is 0 Å². The predicted molar refractivity (Wildman–Crippen MR) is 94.5 cm³/mol. The summed E-state index contributed by atoms with van der Waals surface area (Å²) in [6, 6.07) is 12.9. The van der Waals surface area contributed by atoms with Crippen LogP contribution in [0.4, 0.5) is 0 Å². The van der Waals surface area contributed by atoms with Gasteiger partial charge in [-0.1, -0.05) is 18.2 Å². The summed E-state index contributed by atoms with van der Waals surface area (Å²) in [6.07, 6.45) is 0.967. The lowest BCUT2D eigenvalue weighted by atomic mass is 9.95. The molecular formula is C19H23NO4. The summed E-state index contributed by atoms with van der Waals surface area (Å²) in [5.74, 6) is 1.97. The molecule has 0 heterocycles. The van der Waals surface area contributed by atoms with E-state index in [1.807, 2.05) is 30.3 Å². The number of benzene rings is 2. The third kappa shape index (κ3) is 3.81. The Bertz CT molecular complexity index is 695. The molecule has 0 spiro atoms. The SMILES string of the molecule is CNC=C(c1ccc(OC)cc1)C(O)c1ccc(OC)c(OC)c1. The average molecular weight is 329 g/mol. The Morgan fingerprint density at radius 3 is 2.17 bits per heavy atom. The number of nitrogens with one attached hydrogen (secondary N) is 1. The molecule has 0 fully saturated rings. The van der Waals surface area contributed by atoms with Crippen LogP contribution in [0.2, 0.25) is 0 Å². The predicted octanol–water partition coefficient (Wildman–Crippen LogP) is 3.01. The molecule has 0 amide bonds. The molecule has 5 heteroatoms. The van der Waals surface area contributed by atoms with E-state index in [-0.39, 0.29) is 0 Å². The van der Waals surface area contributed by atoms with Crippen molar-refractivity contribution in [2.75, 3.05) is 28.4 Å². The molecular weight excluding hydrogens is 306 g/mol. The second-order valence-electron chi connectivity index (χ2n) is 5.13. The first-order valence-electron chi connectivity index (χ1n) is 7.56. The van der Waals surface area contributed by atoms with E-state index in [2.05, 4.69) is 5.32 Å². The van der Waals surface area contributed by atoms with E-state index < -0.39 is 6.10 Å². The Morgan fingerprint density at radius 2 is 1.62 bits per heavy atom. The first-order valence-corrected chi connectivity index (χ1v) is 7.56. The van der Waals surface area contributed by atoms with Crippen LogP contribution in [-0.2, 0) is 0 Å². The highest BCUT2D eigenvalue weighted by molar-refractivity contribution is 5.71. The summed E-state index contributed by atoms with van der Waals surface area (Å²) in [6.45, 7) is 0. The largest absolute Gasteiger partial charge is 0.497 e. The number of hydrogen-bond acceptors (Lipinski definition) is 5. The standard InChI is InChI=1S/C19H23NO4/c1-20-12-16(13-5-8-15(22-2)9-6-13)19(21)14-7-10-17(23-3)18(11-14)24-4/h5-12,19-21H,1-4H3. The summed E-state index contributed by atoms with van der Waals surface area (Å²) < 4.78 is 15.7. The van der Waals surface area contributed by atoms with Crippen LogP contribution >= 0.6 is 0 Å². The van der Waals surface area contributed by atoms with Crippen molar-refractivity contribution in [3.8, 4) is 17.2 Å². The van der Waals surface area contributed by atoms with Crippen molar-refractivity contribution < 1.29 is 19.3 Å². The Kier molecular flexibility index (Phi) is 6.09. The van der Waals surface area contributed by atoms with Crippen molar-refractivity contribution >= 4 is 5.57 Å². The monoisotopic (exact) mass is 329 g/mol. The molecule has 0 bridgehead atoms. The van der Waals surface area contributed by atoms with Gasteiger partial charge in [0.15, 0.2) is 11.5 Å². The Labute approximate surface area is 142 Å². The highest BCUT2D eigenvalue weighted by Crippen LogP contribution is 2.35. The molecule has 0 aromatic heterocycles. The minimum atomic E-state index is -0.814. The van der Waals surface area contributed by atoms with Crippen LogP contribution in [0.3, 0.4) is 0 Å². The van der Waals surface area contributed by atoms with Crippen LogP contribution in [0.5, 0.6) is 17.2 Å². The topological polar surface area (TPSA) is 60.0 Å². The molecule has 2 N–H and O–H groups in total. The maximum absolute atomic E-state index is 10.8. The Balaban J connectivity index is 2.38. The van der Waals surface area contributed by atoms with Gasteiger partial charge >= 0.3 is 0 Å². The van der Waals surface area contributed by atoms with E-state index in [0.717, 1.165) is 16.9 Å². The molecule has 2 rings (SSSR count). The van der Waals surface area contributed by atoms with Crippen LogP contribution in [0.25, 0.3) is 5.57 Å². The van der Waals surface area contributed by atoms with E-state index in [4.69, 9.17) is 14.2 Å². The molecule has 0 radical (unpaired) electrons. The van der Waals surface area contributed by atoms with E-state index in [9.17, 15) is 5.11 Å². The highest BCUT2D eigenvalue weighted by atomic mass is 16.5. The number of aliphatic hydroxyl groups is 1. The van der Waals surface area contributed by atoms with Crippen molar-refractivity contribution in [1.29, 1.82) is 0 Å². The summed E-state index contributed by atoms with van der Waals surface area (Å²) in [7, 11) is 6.57. The molecule has 24 heavy (non-hydrogen) atoms. The van der Waals surface area contributed by atoms with E-state index in [1.54, 1.807) is 46.7 Å². The molecule has 1 atom stereocenters. The van der Waals surface area contributed by atoms with Gasteiger partial charge in [0, 0.05) is 18.8 Å². The van der Waals surface area contributed by atoms with Gasteiger partial charge in [-0.3, -0.25) is 0 Å². The lowest BCUT2D eigenvalue weighted by Crippen LogP contribution is -2.06. The highest BCUT2D eigenvalue weighted by Gasteiger charge is 2.17. The van der Waals surface area contributed by atoms with Crippen LogP contribution < -0.4 is 19.5 Å². The Morgan fingerprint density at radius 1 is 0.958 bits per heavy atom. The summed E-state index contributed by atoms with van der Waals surface area (Å²) >= 11 is 0. The molecule has 5 nitrogen and oxygen atoms in total. The normalized spacial score (nSPS) is 12.5. The molecule has 128 valence electrons. The minimum absolute atomic E-state index is 0.576. The van der Waals surface area contributed by atoms with Gasteiger partial charge in [0.25, 0.3) is 0 Å². The van der Waals surface area contributed by atoms with E-state index in [0.29, 0.717) is 17.1 Å². The number of hydrogen-bond donors (Lipinski definition) is 2. The third-order valence-corrected chi connectivity index (χ3v) is 3.74. The lowest BCUT2D eigenvalue weighted by molar-refractivity contribution is 0.237. The number of methoxy groups -OCH3 is 3. The zero-order valence-electron chi connectivity index (χ0n) is 14.4. The van der Waals surface area contributed by atoms with Gasteiger partial charge in [-0.15, -0.1) is 0 Å². The fourth-order valence-electron chi connectivity index (χ4n) is 2.46. The van der Waals surface area contributed by atoms with Crippen molar-refractivity contribution in [3.63, 3.8) is 0 Å². The van der Waals surface area contributed by atoms with Crippen molar-refractivity contribution in [2.45, 2.75) is 6.10 Å². The summed E-state index contributed by atoms with van der Waals surface area (Å²) in [5.41, 5.74) is 2.35. The third-order valence-electron chi connectivity index (χ3n) is 3.74. The van der Waals surface area contributed by atoms with Crippen molar-refractivity contribution in [2.24, 2.45) is 0 Å².